The second-order valence-electron chi connectivity index (χ2n) is 4.04. The number of amides is 1. The molecular weight excluding hydrogens is 168 g/mol. The summed E-state index contributed by atoms with van der Waals surface area (Å²) < 4.78 is 4.85. The van der Waals surface area contributed by atoms with Crippen LogP contribution in [0.5, 0.6) is 0 Å². The van der Waals surface area contributed by atoms with Crippen LogP contribution in [-0.2, 0) is 4.79 Å². The normalized spacial score (nSPS) is 11.4. The van der Waals surface area contributed by atoms with Gasteiger partial charge in [0.2, 0.25) is 11.8 Å². The number of anilines is 1. The van der Waals surface area contributed by atoms with Gasteiger partial charge < -0.3 is 4.52 Å². The standard InChI is InChI=1S/C9H14N2O2/c1-6-5-10-13-7(6)11-8(12)9(2,3)4/h5H,1-4H3,(H,11,12). The van der Waals surface area contributed by atoms with Gasteiger partial charge in [0.15, 0.2) is 0 Å². The Morgan fingerprint density at radius 2 is 2.15 bits per heavy atom. The monoisotopic (exact) mass is 182 g/mol. The van der Waals surface area contributed by atoms with Crippen molar-refractivity contribution in [3.8, 4) is 0 Å². The minimum atomic E-state index is -0.417. The molecule has 0 aliphatic rings. The summed E-state index contributed by atoms with van der Waals surface area (Å²) in [5, 5.41) is 6.23. The third kappa shape index (κ3) is 2.31. The van der Waals surface area contributed by atoms with Crippen molar-refractivity contribution in [2.45, 2.75) is 27.7 Å². The predicted molar refractivity (Wildman–Crippen MR) is 49.3 cm³/mol. The Kier molecular flexibility index (Phi) is 2.40. The highest BCUT2D eigenvalue weighted by Crippen LogP contribution is 2.19. The van der Waals surface area contributed by atoms with Crippen LogP contribution in [0.3, 0.4) is 0 Å². The van der Waals surface area contributed by atoms with Gasteiger partial charge in [0.1, 0.15) is 0 Å². The van der Waals surface area contributed by atoms with Gasteiger partial charge in [0.05, 0.1) is 6.20 Å². The Morgan fingerprint density at radius 3 is 2.54 bits per heavy atom. The molecular formula is C9H14N2O2. The first-order valence-electron chi connectivity index (χ1n) is 4.14. The van der Waals surface area contributed by atoms with E-state index >= 15 is 0 Å². The molecule has 1 aromatic heterocycles. The predicted octanol–water partition coefficient (Wildman–Crippen LogP) is 1.97. The molecule has 0 unspecified atom stereocenters. The molecule has 1 heterocycles. The lowest BCUT2D eigenvalue weighted by atomic mass is 9.96. The second kappa shape index (κ2) is 3.20. The molecule has 0 aliphatic carbocycles. The maximum atomic E-state index is 11.5. The molecule has 1 rings (SSSR count). The van der Waals surface area contributed by atoms with Crippen molar-refractivity contribution < 1.29 is 9.32 Å². The van der Waals surface area contributed by atoms with Crippen LogP contribution >= 0.6 is 0 Å². The number of rotatable bonds is 1. The molecule has 4 nitrogen and oxygen atoms in total. The zero-order valence-corrected chi connectivity index (χ0v) is 8.34. The van der Waals surface area contributed by atoms with E-state index in [0.717, 1.165) is 5.56 Å². The van der Waals surface area contributed by atoms with Crippen molar-refractivity contribution in [1.29, 1.82) is 0 Å². The molecule has 1 amide bonds. The maximum Gasteiger partial charge on any atom is 0.234 e. The van der Waals surface area contributed by atoms with Crippen molar-refractivity contribution in [2.75, 3.05) is 5.32 Å². The summed E-state index contributed by atoms with van der Waals surface area (Å²) in [4.78, 5) is 11.5. The molecule has 1 N–H and O–H groups in total. The van der Waals surface area contributed by atoms with E-state index in [1.165, 1.54) is 0 Å². The van der Waals surface area contributed by atoms with Crippen molar-refractivity contribution >= 4 is 11.8 Å². The topological polar surface area (TPSA) is 55.1 Å². The number of hydrogen-bond acceptors (Lipinski definition) is 3. The van der Waals surface area contributed by atoms with Gasteiger partial charge in [-0.1, -0.05) is 25.9 Å². The molecule has 0 radical (unpaired) electrons. The SMILES string of the molecule is Cc1cnoc1NC(=O)C(C)(C)C. The highest BCUT2D eigenvalue weighted by Gasteiger charge is 2.22. The molecule has 0 fully saturated rings. The first-order chi connectivity index (χ1) is 5.91. The Labute approximate surface area is 77.3 Å². The minimum Gasteiger partial charge on any atom is -0.338 e. The summed E-state index contributed by atoms with van der Waals surface area (Å²) in [6.45, 7) is 7.35. The third-order valence-electron chi connectivity index (χ3n) is 1.66. The summed E-state index contributed by atoms with van der Waals surface area (Å²) in [5.74, 6) is 0.354. The molecule has 1 aromatic rings. The fourth-order valence-corrected chi connectivity index (χ4v) is 0.701. The number of carbonyl (C=O) groups is 1. The smallest absolute Gasteiger partial charge is 0.234 e. The average Bonchev–Trinajstić information content (AvgIpc) is 2.34. The van der Waals surface area contributed by atoms with E-state index in [-0.39, 0.29) is 5.91 Å². The van der Waals surface area contributed by atoms with Crippen molar-refractivity contribution in [3.63, 3.8) is 0 Å². The number of aromatic nitrogens is 1. The van der Waals surface area contributed by atoms with Gasteiger partial charge in [-0.2, -0.15) is 0 Å². The van der Waals surface area contributed by atoms with Crippen molar-refractivity contribution in [3.05, 3.63) is 11.8 Å². The van der Waals surface area contributed by atoms with E-state index in [1.54, 1.807) is 6.20 Å². The highest BCUT2D eigenvalue weighted by atomic mass is 16.5. The van der Waals surface area contributed by atoms with Gasteiger partial charge in [0, 0.05) is 11.0 Å². The second-order valence-corrected chi connectivity index (χ2v) is 4.04. The maximum absolute atomic E-state index is 11.5. The summed E-state index contributed by atoms with van der Waals surface area (Å²) in [6.07, 6.45) is 1.57. The molecule has 0 aromatic carbocycles. The van der Waals surface area contributed by atoms with Crippen LogP contribution in [0.25, 0.3) is 0 Å². The molecule has 72 valence electrons. The largest absolute Gasteiger partial charge is 0.338 e. The molecule has 13 heavy (non-hydrogen) atoms. The Bertz CT molecular complexity index is 310. The first-order valence-corrected chi connectivity index (χ1v) is 4.14. The van der Waals surface area contributed by atoms with Crippen molar-refractivity contribution in [1.82, 2.24) is 5.16 Å². The number of nitrogens with zero attached hydrogens (tertiary/aromatic N) is 1. The van der Waals surface area contributed by atoms with Gasteiger partial charge in [0.25, 0.3) is 0 Å². The number of hydrogen-bond donors (Lipinski definition) is 1. The van der Waals surface area contributed by atoms with Crippen LogP contribution in [-0.4, -0.2) is 11.1 Å². The fourth-order valence-electron chi connectivity index (χ4n) is 0.701. The number of nitrogens with one attached hydrogen (secondary N) is 1. The van der Waals surface area contributed by atoms with Gasteiger partial charge >= 0.3 is 0 Å². The summed E-state index contributed by atoms with van der Waals surface area (Å²) >= 11 is 0. The zero-order chi connectivity index (χ0) is 10.1. The average molecular weight is 182 g/mol. The molecule has 0 aliphatic heterocycles. The summed E-state index contributed by atoms with van der Waals surface area (Å²) in [7, 11) is 0. The minimum absolute atomic E-state index is 0.0765. The van der Waals surface area contributed by atoms with E-state index in [1.807, 2.05) is 27.7 Å². The molecule has 0 saturated carbocycles. The van der Waals surface area contributed by atoms with E-state index in [9.17, 15) is 4.79 Å². The lowest BCUT2D eigenvalue weighted by Gasteiger charge is -2.16. The van der Waals surface area contributed by atoms with Gasteiger partial charge in [-0.25, -0.2) is 0 Å². The van der Waals surface area contributed by atoms with E-state index in [4.69, 9.17) is 4.52 Å². The zero-order valence-electron chi connectivity index (χ0n) is 8.34. The van der Waals surface area contributed by atoms with Crippen LogP contribution in [0.2, 0.25) is 0 Å². The molecule has 0 saturated heterocycles. The quantitative estimate of drug-likeness (QED) is 0.722. The lowest BCUT2D eigenvalue weighted by Crippen LogP contribution is -2.27. The molecule has 4 heteroatoms. The fraction of sp³-hybridized carbons (Fsp3) is 0.556. The van der Waals surface area contributed by atoms with Gasteiger partial charge in [-0.3, -0.25) is 10.1 Å². The van der Waals surface area contributed by atoms with E-state index in [2.05, 4.69) is 10.5 Å². The van der Waals surface area contributed by atoms with Crippen LogP contribution in [0.1, 0.15) is 26.3 Å². The highest BCUT2D eigenvalue weighted by molar-refractivity contribution is 5.93. The van der Waals surface area contributed by atoms with Crippen molar-refractivity contribution in [2.24, 2.45) is 5.41 Å². The van der Waals surface area contributed by atoms with E-state index in [0.29, 0.717) is 5.88 Å². The molecule has 0 atom stereocenters. The van der Waals surface area contributed by atoms with Crippen LogP contribution in [0.4, 0.5) is 5.88 Å². The van der Waals surface area contributed by atoms with Crippen LogP contribution < -0.4 is 5.32 Å². The molecule has 0 spiro atoms. The summed E-state index contributed by atoms with van der Waals surface area (Å²) in [5.41, 5.74) is 0.414. The summed E-state index contributed by atoms with van der Waals surface area (Å²) in [6, 6.07) is 0. The Hall–Kier alpha value is -1.32. The van der Waals surface area contributed by atoms with Gasteiger partial charge in [-0.15, -0.1) is 0 Å². The van der Waals surface area contributed by atoms with Gasteiger partial charge in [-0.05, 0) is 6.92 Å². The third-order valence-corrected chi connectivity index (χ3v) is 1.66. The van der Waals surface area contributed by atoms with E-state index < -0.39 is 5.41 Å². The molecule has 0 bridgehead atoms. The van der Waals surface area contributed by atoms with Crippen LogP contribution in [0.15, 0.2) is 10.7 Å². The first kappa shape index (κ1) is 9.77. The Balaban J connectivity index is 2.71. The number of carbonyl (C=O) groups excluding carboxylic acids is 1. The Morgan fingerprint density at radius 1 is 1.54 bits per heavy atom. The lowest BCUT2D eigenvalue weighted by molar-refractivity contribution is -0.123. The van der Waals surface area contributed by atoms with Crippen LogP contribution in [0, 0.1) is 12.3 Å². The number of aryl methyl sites for hydroxylation is 1.